The van der Waals surface area contributed by atoms with Crippen LogP contribution in [-0.2, 0) is 40.1 Å². The van der Waals surface area contributed by atoms with Gasteiger partial charge in [-0.1, -0.05) is 0 Å². The summed E-state index contributed by atoms with van der Waals surface area (Å²) in [5.41, 5.74) is -24.8. The Morgan fingerprint density at radius 2 is 0.712 bits per heavy atom. The summed E-state index contributed by atoms with van der Waals surface area (Å²) in [6.45, 7) is 10.4. The predicted molar refractivity (Wildman–Crippen MR) is 144 cm³/mol. The van der Waals surface area contributed by atoms with E-state index in [9.17, 15) is 86.4 Å². The third-order valence-corrected chi connectivity index (χ3v) is 9.33. The van der Waals surface area contributed by atoms with Crippen molar-refractivity contribution in [3.63, 3.8) is 0 Å². The minimum Gasteiger partial charge on any atom is -0.421 e. The molecule has 52 heavy (non-hydrogen) atoms. The van der Waals surface area contributed by atoms with Crippen molar-refractivity contribution >= 4 is 40.1 Å². The first-order valence-electron chi connectivity index (χ1n) is 12.6. The number of halogens is 12. The summed E-state index contributed by atoms with van der Waals surface area (Å²) in [5.74, 6) is 0. The van der Waals surface area contributed by atoms with Crippen molar-refractivity contribution in [1.82, 2.24) is 9.46 Å². The first kappa shape index (κ1) is 50.6. The molecule has 0 saturated heterocycles. The molecule has 0 atom stereocenters. The van der Waals surface area contributed by atoms with Crippen LogP contribution in [-0.4, -0.2) is 91.6 Å². The first-order chi connectivity index (χ1) is 23.1. The van der Waals surface area contributed by atoms with E-state index < -0.39 is 62.1 Å². The van der Waals surface area contributed by atoms with E-state index in [-0.39, 0.29) is 0 Å². The van der Waals surface area contributed by atoms with Crippen LogP contribution in [0.5, 0.6) is 0 Å². The molecule has 0 aliphatic carbocycles. The van der Waals surface area contributed by atoms with Crippen molar-refractivity contribution < 1.29 is 115 Å². The van der Waals surface area contributed by atoms with Crippen LogP contribution < -0.4 is 28.8 Å². The van der Waals surface area contributed by atoms with Crippen molar-refractivity contribution in [3.05, 3.63) is 45.7 Å². The smallest absolute Gasteiger partial charge is 0.421 e. The van der Waals surface area contributed by atoms with Crippen molar-refractivity contribution in [2.75, 3.05) is 26.4 Å². The van der Waals surface area contributed by atoms with E-state index in [2.05, 4.69) is 0 Å². The maximum atomic E-state index is 11.4. The van der Waals surface area contributed by atoms with Crippen molar-refractivity contribution in [2.24, 2.45) is 0 Å². The molecule has 0 bridgehead atoms. The molecule has 0 amide bonds. The van der Waals surface area contributed by atoms with Gasteiger partial charge in [-0.3, -0.25) is 0 Å². The van der Waals surface area contributed by atoms with Gasteiger partial charge in [0.1, 0.15) is 26.4 Å². The number of hydrogen-bond acceptors (Lipinski definition) is 12. The maximum Gasteiger partial charge on any atom is 0.480 e. The van der Waals surface area contributed by atoms with Gasteiger partial charge in [0.05, 0.1) is 0 Å². The zero-order valence-electron chi connectivity index (χ0n) is 26.0. The quantitative estimate of drug-likeness (QED) is 0.219. The second kappa shape index (κ2) is 19.5. The maximum absolute atomic E-state index is 11.4. The van der Waals surface area contributed by atoms with E-state index in [0.717, 1.165) is 8.25 Å². The highest BCUT2D eigenvalue weighted by atomic mass is 32.3. The number of sulfonamides is 4. The fourth-order valence-corrected chi connectivity index (χ4v) is 5.39. The lowest BCUT2D eigenvalue weighted by molar-refractivity contribution is -0.891. The lowest BCUT2D eigenvalue weighted by Gasteiger charge is -2.22. The van der Waals surface area contributed by atoms with Crippen LogP contribution in [0.4, 0.5) is 52.7 Å². The number of alkyl halides is 12. The molecule has 18 nitrogen and oxygen atoms in total. The van der Waals surface area contributed by atoms with Gasteiger partial charge in [-0.2, -0.15) is 52.7 Å². The fraction of sp³-hybridized carbons (Fsp3) is 0.667. The molecule has 0 N–H and O–H groups in total. The second-order valence-electron chi connectivity index (χ2n) is 7.77. The molecule has 2 rings (SSSR count). The Balaban J connectivity index is 0. The number of nitrogens with zero attached hydrogens (tertiary/aromatic N) is 6. The van der Waals surface area contributed by atoms with Crippen LogP contribution in [0.15, 0.2) is 37.4 Å². The van der Waals surface area contributed by atoms with Gasteiger partial charge in [0.15, 0.2) is 64.9 Å². The van der Waals surface area contributed by atoms with Crippen molar-refractivity contribution in [3.8, 4) is 0 Å². The van der Waals surface area contributed by atoms with E-state index in [4.69, 9.17) is 19.4 Å². The Morgan fingerprint density at radius 3 is 0.885 bits per heavy atom. The van der Waals surface area contributed by atoms with E-state index >= 15 is 0 Å². The van der Waals surface area contributed by atoms with Crippen LogP contribution in [0, 0.1) is 0 Å². The second-order valence-corrected chi connectivity index (χ2v) is 14.6. The Kier molecular flexibility index (Phi) is 19.0. The Morgan fingerprint density at radius 1 is 0.481 bits per heavy atom. The summed E-state index contributed by atoms with van der Waals surface area (Å²) in [6, 6.07) is 0. The summed E-state index contributed by atoms with van der Waals surface area (Å²) in [5, 5.41) is 0. The average Bonchev–Trinajstić information content (AvgIpc) is 3.56. The molecule has 0 aromatic carbocycles. The zero-order valence-corrected chi connectivity index (χ0v) is 29.3. The van der Waals surface area contributed by atoms with Gasteiger partial charge in [-0.25, -0.2) is 33.7 Å². The lowest BCUT2D eigenvalue weighted by atomic mass is 10.9. The normalized spacial score (nSPS) is 12.9. The van der Waals surface area contributed by atoms with Gasteiger partial charge < -0.3 is 27.6 Å². The monoisotopic (exact) mass is 874 g/mol. The molecule has 308 valence electrons. The van der Waals surface area contributed by atoms with Gasteiger partial charge in [0.2, 0.25) is 0 Å². The van der Waals surface area contributed by atoms with Crippen LogP contribution in [0.1, 0.15) is 27.7 Å². The third kappa shape index (κ3) is 17.3. The predicted octanol–water partition coefficient (Wildman–Crippen LogP) is 1.46. The fourth-order valence-electron chi connectivity index (χ4n) is 1.97. The molecule has 0 saturated carbocycles. The molecule has 0 spiro atoms. The van der Waals surface area contributed by atoms with E-state index in [0.29, 0.717) is 26.4 Å². The van der Waals surface area contributed by atoms with Gasteiger partial charge in [-0.15, -0.1) is 0 Å². The Labute approximate surface area is 286 Å². The molecule has 0 unspecified atom stereocenters. The van der Waals surface area contributed by atoms with Gasteiger partial charge in [-0.05, 0) is 46.6 Å². The Bertz CT molecular complexity index is 1550. The molecule has 0 aliphatic heterocycles. The molecular formula is C18H26F12N6O12S4. The molecule has 2 aromatic heterocycles. The molecule has 0 radical (unpaired) electrons. The Hall–Kier alpha value is -3.50. The number of hydrogen-bond donors (Lipinski definition) is 0. The van der Waals surface area contributed by atoms with E-state index in [1.165, 1.54) is 0 Å². The van der Waals surface area contributed by atoms with Crippen LogP contribution >= 0.6 is 0 Å². The highest BCUT2D eigenvalue weighted by Crippen LogP contribution is 2.37. The molecule has 2 heterocycles. The van der Waals surface area contributed by atoms with Gasteiger partial charge in [0.25, 0.3) is 0 Å². The summed E-state index contributed by atoms with van der Waals surface area (Å²) >= 11 is 0. The van der Waals surface area contributed by atoms with E-state index in [1.54, 1.807) is 56.4 Å². The summed E-state index contributed by atoms with van der Waals surface area (Å²) < 4.78 is 225. The molecule has 0 fully saturated rings. The first-order valence-corrected chi connectivity index (χ1v) is 18.4. The van der Waals surface area contributed by atoms with Crippen LogP contribution in [0.2, 0.25) is 0 Å². The van der Waals surface area contributed by atoms with Gasteiger partial charge >= 0.3 is 34.7 Å². The number of aromatic nitrogens is 4. The minimum absolute atomic E-state index is 0.654. The van der Waals surface area contributed by atoms with Crippen molar-refractivity contribution in [2.45, 2.75) is 49.7 Å². The molecular weight excluding hydrogens is 848 g/mol. The molecule has 2 aromatic rings. The zero-order chi connectivity index (χ0) is 41.6. The largest absolute Gasteiger partial charge is 0.480 e. The molecule has 0 aliphatic rings. The highest BCUT2D eigenvalue weighted by Gasteiger charge is 2.48. The van der Waals surface area contributed by atoms with Crippen LogP contribution in [0.3, 0.4) is 0 Å². The van der Waals surface area contributed by atoms with E-state index in [1.807, 2.05) is 27.7 Å². The average molecular weight is 875 g/mol. The topological polar surface area (TPSA) is 219 Å². The summed E-state index contributed by atoms with van der Waals surface area (Å²) in [6.07, 6.45) is 10.6. The van der Waals surface area contributed by atoms with Crippen LogP contribution in [0.25, 0.3) is 8.25 Å². The van der Waals surface area contributed by atoms with Crippen molar-refractivity contribution in [1.29, 1.82) is 0 Å². The minimum atomic E-state index is -6.72. The summed E-state index contributed by atoms with van der Waals surface area (Å²) in [7, 11) is -26.9. The third-order valence-electron chi connectivity index (χ3n) is 3.85. The summed E-state index contributed by atoms with van der Waals surface area (Å²) in [4.78, 5) is 20.6. The molecule has 34 heteroatoms. The number of rotatable bonds is 12. The van der Waals surface area contributed by atoms with Gasteiger partial charge in [0, 0.05) is 0 Å². The highest BCUT2D eigenvalue weighted by molar-refractivity contribution is 8.13. The SMILES string of the molecule is CCOn1cc[n+](OCC)c1.CCOn1cc[n+](OCC)c1.O=S(=O)([N-]S(=O)(=O)C(F)(F)F)C(F)(F)F.O=S(=O)([N-]S(=O)(=O)C(F)(F)F)C(F)(F)F. The number of imidazole rings is 2. The lowest BCUT2D eigenvalue weighted by Crippen LogP contribution is -2.40. The standard InChI is InChI=1S/2C7H13N2O2.2C2F6NO4S2/c2*1-3-10-8-5-6-9(7-8)11-4-2;2*3-1(4,5)14(10,11)9-15(12,13)2(6,7)8/h2*5-7H,3-4H2,1-2H3;;/q2*+1;2*-1.